The van der Waals surface area contributed by atoms with Gasteiger partial charge in [-0.05, 0) is 158 Å². The predicted molar refractivity (Wildman–Crippen MR) is 310 cm³/mol. The summed E-state index contributed by atoms with van der Waals surface area (Å²) in [6, 6.07) is 8.94. The van der Waals surface area contributed by atoms with Crippen molar-refractivity contribution in [3.05, 3.63) is 157 Å². The number of sulfonamides is 3. The van der Waals surface area contributed by atoms with Crippen molar-refractivity contribution < 1.29 is 74.4 Å². The first-order valence-electron chi connectivity index (χ1n) is 28.6. The van der Waals surface area contributed by atoms with Gasteiger partial charge in [0.15, 0.2) is 17.2 Å². The number of benzene rings is 3. The fourth-order valence-corrected chi connectivity index (χ4v) is 15.3. The molecule has 3 aliphatic carbocycles. The molecule has 6 atom stereocenters. The van der Waals surface area contributed by atoms with Crippen LogP contribution < -0.4 is 14.2 Å². The van der Waals surface area contributed by atoms with Crippen molar-refractivity contribution in [3.63, 3.8) is 0 Å². The number of carbonyl (C=O) groups excluding carboxylic acids is 2. The zero-order valence-corrected chi connectivity index (χ0v) is 51.3. The van der Waals surface area contributed by atoms with Crippen LogP contribution in [0.5, 0.6) is 0 Å². The molecular weight excluding hydrogens is 1290 g/mol. The molecule has 92 heavy (non-hydrogen) atoms. The number of nitrogens with zero attached hydrogens (tertiary/aromatic N) is 12. The van der Waals surface area contributed by atoms with E-state index in [1.807, 2.05) is 4.57 Å². The molecule has 0 amide bonds. The highest BCUT2D eigenvalue weighted by Gasteiger charge is 2.38. The summed E-state index contributed by atoms with van der Waals surface area (Å²) in [6.45, 7) is 2.63. The molecule has 492 valence electrons. The molecule has 0 bridgehead atoms. The third-order valence-electron chi connectivity index (χ3n) is 15.7. The van der Waals surface area contributed by atoms with Gasteiger partial charge in [-0.15, -0.1) is 30.6 Å². The molecule has 5 heterocycles. The molecule has 11 rings (SSSR count). The Hall–Kier alpha value is -8.12. The van der Waals surface area contributed by atoms with Crippen LogP contribution in [0, 0.1) is 0 Å². The number of hydrogen-bond donors (Lipinski definition) is 3. The number of Topliss-reactive ketones (excluding diaryl/α,β-unsaturated/α-hetero) is 1. The monoisotopic (exact) mass is 1350 g/mol. The number of halogens is 9. The molecule has 8 aromatic rings. The Labute approximate surface area is 521 Å². The molecule has 0 aliphatic heterocycles. The van der Waals surface area contributed by atoms with Gasteiger partial charge in [0.2, 0.25) is 30.1 Å². The van der Waals surface area contributed by atoms with Crippen molar-refractivity contribution in [2.75, 3.05) is 0 Å². The predicted octanol–water partition coefficient (Wildman–Crippen LogP) is 9.95. The Morgan fingerprint density at radius 3 is 1.27 bits per heavy atom. The Balaban J connectivity index is 0.000000164. The largest absolute Gasteiger partial charge is 0.416 e. The average Bonchev–Trinajstić information content (AvgIpc) is 0.984. The molecule has 3 fully saturated rings. The zero-order valence-electron chi connectivity index (χ0n) is 48.8. The molecule has 3 aliphatic rings. The molecule has 5 aromatic heterocycles. The lowest BCUT2D eigenvalue weighted by molar-refractivity contribution is -0.138. The van der Waals surface area contributed by atoms with E-state index in [-0.39, 0.29) is 34.8 Å². The molecule has 3 saturated carbocycles. The first-order chi connectivity index (χ1) is 43.4. The summed E-state index contributed by atoms with van der Waals surface area (Å²) in [5.41, 5.74) is -3.28. The van der Waals surface area contributed by atoms with Crippen molar-refractivity contribution >= 4 is 47.3 Å². The Morgan fingerprint density at radius 2 is 0.880 bits per heavy atom. The second-order valence-electron chi connectivity index (χ2n) is 22.2. The number of hydrogen-bond acceptors (Lipinski definition) is 16. The minimum atomic E-state index is -4.79. The number of rotatable bonds is 16. The first kappa shape index (κ1) is 68.3. The Morgan fingerprint density at radius 1 is 0.500 bits per heavy atom. The number of alkyl halides is 9. The van der Waals surface area contributed by atoms with Crippen molar-refractivity contribution in [2.45, 2.75) is 160 Å². The lowest BCUT2D eigenvalue weighted by Gasteiger charge is -2.30. The fourth-order valence-electron chi connectivity index (χ4n) is 11.2. The van der Waals surface area contributed by atoms with Gasteiger partial charge in [-0.25, -0.2) is 48.9 Å². The summed E-state index contributed by atoms with van der Waals surface area (Å²) in [5, 5.41) is 26.7. The summed E-state index contributed by atoms with van der Waals surface area (Å²) in [7, 11) is -12.7. The smallest absolute Gasteiger partial charge is 0.317 e. The van der Waals surface area contributed by atoms with Crippen LogP contribution in [-0.4, -0.2) is 114 Å². The fraction of sp³-hybridized carbons (Fsp3) is 0.404. The lowest BCUT2D eigenvalue weighted by atomic mass is 9.91. The van der Waals surface area contributed by atoms with Crippen LogP contribution in [0.4, 0.5) is 39.5 Å². The highest BCUT2D eigenvalue weighted by atomic mass is 32.2. The van der Waals surface area contributed by atoms with Gasteiger partial charge < -0.3 is 13.7 Å². The van der Waals surface area contributed by atoms with Crippen molar-refractivity contribution in [1.82, 2.24) is 73.1 Å². The van der Waals surface area contributed by atoms with E-state index < -0.39 is 110 Å². The van der Waals surface area contributed by atoms with Crippen LogP contribution in [0.15, 0.2) is 144 Å². The Kier molecular flexibility index (Phi) is 20.8. The van der Waals surface area contributed by atoms with E-state index >= 15 is 0 Å². The number of carbonyl (C=O) groups is 2. The van der Waals surface area contributed by atoms with Crippen LogP contribution in [0.25, 0.3) is 16.9 Å². The highest BCUT2D eigenvalue weighted by Crippen LogP contribution is 2.38. The third kappa shape index (κ3) is 17.1. The van der Waals surface area contributed by atoms with Crippen LogP contribution in [0.1, 0.15) is 146 Å². The number of nitrogens with one attached hydrogen (secondary N) is 3. The van der Waals surface area contributed by atoms with Crippen LogP contribution in [0.3, 0.4) is 0 Å². The SMILES string of the molecule is C/C=C/C(=O)c1cc(C(F)(F)F)cc(S(=O)(=O)N[C@H]2CCC[C@@H](n3cnnc3)C2)c1.CC(=O)c1cc(C(F)(F)F)cc(S(=O)(=O)N[C@H]2CCC[C@@H](n3cnnc3)C2)c1.O=S(=O)(N[C@H]1CCC[C@@H](n2cnnc2)C1)c1cc(-c2ccnc3ccnn23)cc(C(F)(F)F)c1. The van der Waals surface area contributed by atoms with E-state index in [1.165, 1.54) is 35.1 Å². The lowest BCUT2D eigenvalue weighted by Crippen LogP contribution is -2.38. The first-order valence-corrected chi connectivity index (χ1v) is 33.0. The minimum absolute atomic E-state index is 0.00482. The molecule has 0 unspecified atom stereocenters. The van der Waals surface area contributed by atoms with E-state index in [0.29, 0.717) is 80.2 Å². The maximum absolute atomic E-state index is 13.7. The van der Waals surface area contributed by atoms with Gasteiger partial charge in [-0.2, -0.15) is 44.6 Å². The van der Waals surface area contributed by atoms with Crippen LogP contribution in [-0.2, 0) is 48.6 Å². The zero-order chi connectivity index (χ0) is 66.4. The molecule has 35 heteroatoms. The number of aromatic nitrogens is 12. The number of ketones is 2. The van der Waals surface area contributed by atoms with E-state index in [1.54, 1.807) is 60.1 Å². The van der Waals surface area contributed by atoms with Gasteiger partial charge in [-0.3, -0.25) is 9.59 Å². The quantitative estimate of drug-likeness (QED) is 0.0460. The average molecular weight is 1350 g/mol. The molecule has 0 spiro atoms. The summed E-state index contributed by atoms with van der Waals surface area (Å²) in [6.07, 6.45) is 8.28. The van der Waals surface area contributed by atoms with Gasteiger partial charge >= 0.3 is 18.5 Å². The third-order valence-corrected chi connectivity index (χ3v) is 20.2. The van der Waals surface area contributed by atoms with Gasteiger partial charge in [0.25, 0.3) is 0 Å². The Bertz CT molecular complexity index is 4260. The summed E-state index contributed by atoms with van der Waals surface area (Å²) in [5.74, 6) is -1.35. The van der Waals surface area contributed by atoms with Gasteiger partial charge in [0.1, 0.15) is 38.0 Å². The summed E-state index contributed by atoms with van der Waals surface area (Å²) >= 11 is 0. The van der Waals surface area contributed by atoms with Crippen LogP contribution in [0.2, 0.25) is 0 Å². The second-order valence-corrected chi connectivity index (χ2v) is 27.4. The molecule has 0 radical (unpaired) electrons. The van der Waals surface area contributed by atoms with E-state index in [2.05, 4.69) is 54.8 Å². The summed E-state index contributed by atoms with van der Waals surface area (Å²) in [4.78, 5) is 26.2. The van der Waals surface area contributed by atoms with Gasteiger partial charge in [0.05, 0.1) is 43.3 Å². The van der Waals surface area contributed by atoms with Gasteiger partial charge in [0, 0.05) is 65.2 Å². The van der Waals surface area contributed by atoms with Crippen molar-refractivity contribution in [2.24, 2.45) is 0 Å². The van der Waals surface area contributed by atoms with Crippen LogP contribution >= 0.6 is 0 Å². The minimum Gasteiger partial charge on any atom is -0.317 e. The van der Waals surface area contributed by atoms with Crippen molar-refractivity contribution in [1.29, 1.82) is 0 Å². The van der Waals surface area contributed by atoms with Gasteiger partial charge in [-0.1, -0.05) is 6.08 Å². The highest BCUT2D eigenvalue weighted by molar-refractivity contribution is 7.90. The molecule has 23 nitrogen and oxygen atoms in total. The standard InChI is InChI=1S/C21H20F3N7O2S.C19H21F3N4O3S.C17H19F3N4O3S/c22-21(23,24)15-8-14(19-4-6-25-20-5-7-28-31(19)20)9-18(10-15)34(32,33)29-16-2-1-3-17(11-16)30-12-26-27-13-30;1-2-4-18(27)13-7-14(19(20,21)22)9-17(8-13)30(28,29)25-15-5-3-6-16(10-15)26-11-23-24-12-26;1-11(25)12-5-13(17(18,19)20)7-16(6-12)28(26,27)23-14-3-2-4-15(8-14)24-9-21-22-10-24/h4-10,12-13,16-17,29H,1-3,11H2;2,4,7-9,11-12,15-16,25H,3,5-6,10H2,1H3;5-7,9-10,14-15,23H,2-4,8H2,1H3/b;4-2+;/t16-,17+;15-,16+;14-,15+/m000/s1. The summed E-state index contributed by atoms with van der Waals surface area (Å²) < 4.78 is 212. The molecule has 0 saturated heterocycles. The maximum Gasteiger partial charge on any atom is 0.416 e. The van der Waals surface area contributed by atoms with E-state index in [0.717, 1.165) is 69.7 Å². The molecular formula is C57H60F9N15O8S3. The normalized spacial score (nSPS) is 20.2. The second kappa shape index (κ2) is 28.0. The maximum atomic E-state index is 13.7. The van der Waals surface area contributed by atoms with Crippen molar-refractivity contribution in [3.8, 4) is 11.3 Å². The van der Waals surface area contributed by atoms with E-state index in [4.69, 9.17) is 0 Å². The molecule has 3 N–H and O–H groups in total. The number of fused-ring (bicyclic) bond motifs is 1. The molecule has 3 aromatic carbocycles. The van der Waals surface area contributed by atoms with E-state index in [9.17, 15) is 74.4 Å². The topological polar surface area (TPSA) is 295 Å². The number of allylic oxidation sites excluding steroid dienone is 2.